The van der Waals surface area contributed by atoms with Gasteiger partial charge in [0.05, 0.1) is 5.52 Å². The Labute approximate surface area is 193 Å². The maximum atomic E-state index is 13.3. The monoisotopic (exact) mass is 475 g/mol. The molecule has 4 rings (SSSR count). The van der Waals surface area contributed by atoms with Gasteiger partial charge in [-0.25, -0.2) is 9.97 Å². The van der Waals surface area contributed by atoms with Gasteiger partial charge in [-0.1, -0.05) is 29.1 Å². The number of allylic oxidation sites excluding steroid dienone is 1. The highest BCUT2D eigenvalue weighted by atomic mass is 35.7. The molecule has 1 fully saturated rings. The van der Waals surface area contributed by atoms with Gasteiger partial charge >= 0.3 is 0 Å². The molecule has 10 heteroatoms. The average molecular weight is 476 g/mol. The molecule has 3 heterocycles. The van der Waals surface area contributed by atoms with Crippen LogP contribution in [0, 0.1) is 0 Å². The van der Waals surface area contributed by atoms with E-state index in [4.69, 9.17) is 21.2 Å². The summed E-state index contributed by atoms with van der Waals surface area (Å²) in [7, 11) is 5.62. The minimum atomic E-state index is -0.477. The van der Waals surface area contributed by atoms with Crippen LogP contribution in [0.1, 0.15) is 31.7 Å². The highest BCUT2D eigenvalue weighted by molar-refractivity contribution is 8.36. The van der Waals surface area contributed by atoms with Gasteiger partial charge in [0.15, 0.2) is 6.61 Å². The summed E-state index contributed by atoms with van der Waals surface area (Å²) in [6, 6.07) is 5.27. The first-order valence-corrected chi connectivity index (χ1v) is 12.8. The van der Waals surface area contributed by atoms with Crippen molar-refractivity contribution in [3.63, 3.8) is 0 Å². The molecule has 1 aromatic heterocycles. The number of amides is 2. The molecular formula is C22H26ClN5O3S. The van der Waals surface area contributed by atoms with Gasteiger partial charge in [0, 0.05) is 36.8 Å². The Balaban J connectivity index is 1.43. The Hall–Kier alpha value is -2.65. The fourth-order valence-corrected chi connectivity index (χ4v) is 5.32. The zero-order valence-corrected chi connectivity index (χ0v) is 19.4. The molecule has 0 aliphatic carbocycles. The molecule has 2 amide bonds. The number of benzene rings is 1. The van der Waals surface area contributed by atoms with Crippen molar-refractivity contribution in [3.8, 4) is 0 Å². The summed E-state index contributed by atoms with van der Waals surface area (Å²) in [6.07, 6.45) is 3.48. The molecule has 0 saturated carbocycles. The molecule has 2 aromatic rings. The maximum absolute atomic E-state index is 13.3. The number of anilines is 1. The summed E-state index contributed by atoms with van der Waals surface area (Å²) in [5, 5.41) is 4.55. The zero-order chi connectivity index (χ0) is 22.7. The summed E-state index contributed by atoms with van der Waals surface area (Å²) in [4.78, 5) is 37.9. The molecule has 1 unspecified atom stereocenters. The van der Waals surface area contributed by atoms with Crippen molar-refractivity contribution in [2.24, 2.45) is 0 Å². The highest BCUT2D eigenvalue weighted by Crippen LogP contribution is 2.30. The van der Waals surface area contributed by atoms with E-state index < -0.39 is 15.7 Å². The van der Waals surface area contributed by atoms with Crippen LogP contribution in [0.4, 0.5) is 5.82 Å². The summed E-state index contributed by atoms with van der Waals surface area (Å²) in [5.41, 5.74) is 7.61. The van der Waals surface area contributed by atoms with Crippen molar-refractivity contribution in [2.75, 3.05) is 25.4 Å². The Morgan fingerprint density at radius 2 is 2.19 bits per heavy atom. The number of aromatic nitrogens is 2. The molecule has 2 atom stereocenters. The van der Waals surface area contributed by atoms with E-state index in [0.717, 1.165) is 28.6 Å². The molecule has 8 nitrogen and oxygen atoms in total. The van der Waals surface area contributed by atoms with E-state index in [0.29, 0.717) is 38.3 Å². The topological polar surface area (TPSA) is 102 Å². The minimum Gasteiger partial charge on any atom is -0.487 e. The lowest BCUT2D eigenvalue weighted by molar-refractivity contribution is -0.154. The van der Waals surface area contributed by atoms with Crippen molar-refractivity contribution < 1.29 is 14.3 Å². The van der Waals surface area contributed by atoms with Crippen LogP contribution in [0.2, 0.25) is 0 Å². The lowest BCUT2D eigenvalue weighted by Crippen LogP contribution is -2.59. The third-order valence-corrected chi connectivity index (χ3v) is 7.26. The standard InChI is InChI=1S/C22H26ClN5O3S/c1-2-3-19-22(30)27(11-15-4-5-17-18(10-15)25-14-26-21(17)24)7-8-28(19)20(29)12-31-16-6-9-32(23)13-16/h4-5,9-10,13-14,19H,2-3,6-8,11-12H2,1H3,(H2,24,25,26)/t19-,32?/m0/s1. The summed E-state index contributed by atoms with van der Waals surface area (Å²) < 4.78 is 5.64. The van der Waals surface area contributed by atoms with E-state index in [9.17, 15) is 9.59 Å². The van der Waals surface area contributed by atoms with Crippen LogP contribution in [0.15, 0.2) is 35.7 Å². The molecule has 0 bridgehead atoms. The average Bonchev–Trinajstić information content (AvgIpc) is 3.20. The predicted molar refractivity (Wildman–Crippen MR) is 128 cm³/mol. The molecule has 32 heavy (non-hydrogen) atoms. The van der Waals surface area contributed by atoms with Crippen LogP contribution in [-0.4, -0.2) is 62.7 Å². The van der Waals surface area contributed by atoms with Gasteiger partial charge in [-0.15, -0.1) is 0 Å². The van der Waals surface area contributed by atoms with Crippen molar-refractivity contribution in [1.82, 2.24) is 19.8 Å². The number of fused-ring (bicyclic) bond motifs is 1. The number of carbonyl (C=O) groups is 2. The number of rotatable bonds is 7. The van der Waals surface area contributed by atoms with Crippen LogP contribution in [0.25, 0.3) is 10.9 Å². The number of nitrogen functional groups attached to an aromatic ring is 1. The fraction of sp³-hybridized carbons (Fsp3) is 0.409. The number of carbonyl (C=O) groups excluding carboxylic acids is 2. The number of hydrogen-bond acceptors (Lipinski definition) is 6. The summed E-state index contributed by atoms with van der Waals surface area (Å²) in [6.45, 7) is 3.34. The van der Waals surface area contributed by atoms with Gasteiger partial charge in [-0.05, 0) is 40.2 Å². The maximum Gasteiger partial charge on any atom is 0.261 e. The first kappa shape index (κ1) is 22.5. The Morgan fingerprint density at radius 3 is 2.94 bits per heavy atom. The molecule has 2 aliphatic heterocycles. The lowest BCUT2D eigenvalue weighted by atomic mass is 10.0. The Morgan fingerprint density at radius 1 is 1.34 bits per heavy atom. The van der Waals surface area contributed by atoms with Gasteiger partial charge in [0.25, 0.3) is 5.91 Å². The van der Waals surface area contributed by atoms with Crippen LogP contribution >= 0.6 is 20.4 Å². The molecule has 170 valence electrons. The fourth-order valence-electron chi connectivity index (χ4n) is 4.00. The second-order valence-corrected chi connectivity index (χ2v) is 10.1. The quantitative estimate of drug-likeness (QED) is 0.617. The van der Waals surface area contributed by atoms with Crippen molar-refractivity contribution in [3.05, 3.63) is 41.3 Å². The van der Waals surface area contributed by atoms with E-state index >= 15 is 0 Å². The first-order valence-electron chi connectivity index (χ1n) is 10.6. The zero-order valence-electron chi connectivity index (χ0n) is 17.9. The van der Waals surface area contributed by atoms with Crippen LogP contribution < -0.4 is 5.73 Å². The van der Waals surface area contributed by atoms with E-state index in [2.05, 4.69) is 9.97 Å². The lowest BCUT2D eigenvalue weighted by Gasteiger charge is -2.40. The molecule has 1 aromatic carbocycles. The number of halogens is 1. The third kappa shape index (κ3) is 4.88. The summed E-state index contributed by atoms with van der Waals surface area (Å²) >= 11 is 0. The van der Waals surface area contributed by atoms with E-state index in [1.807, 2.05) is 40.8 Å². The van der Waals surface area contributed by atoms with Crippen molar-refractivity contribution >= 4 is 54.3 Å². The van der Waals surface area contributed by atoms with Crippen LogP contribution in [0.3, 0.4) is 0 Å². The van der Waals surface area contributed by atoms with Gasteiger partial charge in [-0.2, -0.15) is 0 Å². The number of ether oxygens (including phenoxy) is 1. The molecular weight excluding hydrogens is 450 g/mol. The second kappa shape index (κ2) is 9.87. The number of nitrogens with two attached hydrogens (primary N) is 1. The Bertz CT molecular complexity index is 1110. The predicted octanol–water partition coefficient (Wildman–Crippen LogP) is 3.04. The number of nitrogens with zero attached hydrogens (tertiary/aromatic N) is 4. The van der Waals surface area contributed by atoms with E-state index in [1.165, 1.54) is 6.33 Å². The molecule has 1 saturated heterocycles. The SMILES string of the molecule is CCC[C@H]1C(=O)N(Cc2ccc3c(N)ncnc3c2)CCN1C(=O)COC1=CS(Cl)=CC1. The highest BCUT2D eigenvalue weighted by Gasteiger charge is 2.36. The van der Waals surface area contributed by atoms with Gasteiger partial charge < -0.3 is 20.3 Å². The molecule has 2 aliphatic rings. The second-order valence-electron chi connectivity index (χ2n) is 7.82. The normalized spacial score (nSPS) is 20.9. The minimum absolute atomic E-state index is 0.0375. The molecule has 2 N–H and O–H groups in total. The van der Waals surface area contributed by atoms with Crippen LogP contribution in [-0.2, 0) is 20.9 Å². The van der Waals surface area contributed by atoms with Crippen molar-refractivity contribution in [2.45, 2.75) is 38.8 Å². The van der Waals surface area contributed by atoms with Gasteiger partial charge in [0.1, 0.15) is 23.9 Å². The molecule has 0 radical (unpaired) electrons. The van der Waals surface area contributed by atoms with Gasteiger partial charge in [0.2, 0.25) is 5.91 Å². The largest absolute Gasteiger partial charge is 0.487 e. The van der Waals surface area contributed by atoms with E-state index in [1.54, 1.807) is 4.90 Å². The first-order chi connectivity index (χ1) is 15.5. The smallest absolute Gasteiger partial charge is 0.261 e. The third-order valence-electron chi connectivity index (χ3n) is 5.64. The van der Waals surface area contributed by atoms with Gasteiger partial charge in [-0.3, -0.25) is 9.59 Å². The van der Waals surface area contributed by atoms with Crippen LogP contribution in [0.5, 0.6) is 0 Å². The van der Waals surface area contributed by atoms with Crippen molar-refractivity contribution in [1.29, 1.82) is 0 Å². The molecule has 0 spiro atoms. The number of piperazine rings is 1. The summed E-state index contributed by atoms with van der Waals surface area (Å²) in [5.74, 6) is 0.943. The number of hydrogen-bond donors (Lipinski definition) is 1. The Kier molecular flexibility index (Phi) is 6.95. The van der Waals surface area contributed by atoms with E-state index in [-0.39, 0.29) is 18.4 Å².